The van der Waals surface area contributed by atoms with E-state index < -0.39 is 0 Å². The molecular formula is C2H4OPW-. The Kier molecular flexibility index (Phi) is 5.82. The van der Waals surface area contributed by atoms with Crippen molar-refractivity contribution in [2.75, 3.05) is 6.16 Å². The third kappa shape index (κ3) is 11.4. The average Bonchev–Trinajstić information content (AvgIpc) is 2.19. The zero-order valence-electron chi connectivity index (χ0n) is 2.60. The Morgan fingerprint density at radius 3 is 2.00 bits per heavy atom. The van der Waals surface area contributed by atoms with Crippen LogP contribution in [0, 0.1) is 6.16 Å². The molecule has 0 saturated carbocycles. The Bertz CT molecular complexity index is 20.9. The Morgan fingerprint density at radius 1 is 1.80 bits per heavy atom. The monoisotopic (exact) mass is 259 g/mol. The van der Waals surface area contributed by atoms with E-state index >= 15 is 0 Å². The van der Waals surface area contributed by atoms with Gasteiger partial charge >= 0.3 is 23.2 Å². The van der Waals surface area contributed by atoms with E-state index in [2.05, 4.69) is 6.16 Å². The van der Waals surface area contributed by atoms with Gasteiger partial charge in [-0.15, -0.1) is 0 Å². The van der Waals surface area contributed by atoms with E-state index in [0.717, 1.165) is 0 Å². The van der Waals surface area contributed by atoms with Crippen LogP contribution in [0.4, 0.5) is 0 Å². The summed E-state index contributed by atoms with van der Waals surface area (Å²) in [6, 6.07) is 0. The molecule has 1 saturated heterocycles. The van der Waals surface area contributed by atoms with Crippen LogP contribution in [0.5, 0.6) is 0 Å². The summed E-state index contributed by atoms with van der Waals surface area (Å²) < 4.78 is 8.33. The van der Waals surface area contributed by atoms with Crippen molar-refractivity contribution in [2.24, 2.45) is 0 Å². The van der Waals surface area contributed by atoms with Crippen molar-refractivity contribution in [3.63, 3.8) is 0 Å². The summed E-state index contributed by atoms with van der Waals surface area (Å²) in [5, 5.41) is 0. The molecule has 0 radical (unpaired) electrons. The summed E-state index contributed by atoms with van der Waals surface area (Å²) in [5.74, 6) is 0. The van der Waals surface area contributed by atoms with Crippen molar-refractivity contribution in [1.29, 1.82) is 0 Å². The quantitative estimate of drug-likeness (QED) is 0.462. The maximum atomic E-state index is 8.33. The van der Waals surface area contributed by atoms with Crippen LogP contribution in [0.2, 0.25) is 0 Å². The SMILES string of the molecule is [CH-]1CP1.[O]=[W]. The van der Waals surface area contributed by atoms with E-state index in [9.17, 15) is 0 Å². The first-order chi connectivity index (χ1) is 2.50. The topological polar surface area (TPSA) is 17.1 Å². The van der Waals surface area contributed by atoms with E-state index in [1.165, 1.54) is 14.7 Å². The van der Waals surface area contributed by atoms with Gasteiger partial charge in [-0.25, -0.2) is 0 Å². The Labute approximate surface area is 44.5 Å². The van der Waals surface area contributed by atoms with Crippen molar-refractivity contribution >= 4 is 8.58 Å². The average molecular weight is 259 g/mol. The van der Waals surface area contributed by atoms with Gasteiger partial charge in [-0.05, 0) is 0 Å². The van der Waals surface area contributed by atoms with Crippen molar-refractivity contribution in [2.45, 2.75) is 0 Å². The molecule has 0 aromatic rings. The molecule has 1 fully saturated rings. The summed E-state index contributed by atoms with van der Waals surface area (Å²) in [6.45, 7) is 0. The molecule has 1 atom stereocenters. The van der Waals surface area contributed by atoms with Gasteiger partial charge in [0.1, 0.15) is 0 Å². The van der Waals surface area contributed by atoms with E-state index in [0.29, 0.717) is 19.8 Å². The van der Waals surface area contributed by atoms with E-state index in [4.69, 9.17) is 3.40 Å². The predicted octanol–water partition coefficient (Wildman–Crippen LogP) is 0.719. The molecule has 1 nitrogen and oxygen atoms in total. The van der Waals surface area contributed by atoms with Gasteiger partial charge in [0.05, 0.1) is 0 Å². The van der Waals surface area contributed by atoms with Gasteiger partial charge in [-0.3, -0.25) is 0 Å². The fourth-order valence-corrected chi connectivity index (χ4v) is 0. The molecule has 1 rings (SSSR count). The zero-order chi connectivity index (χ0) is 4.12. The van der Waals surface area contributed by atoms with Crippen LogP contribution >= 0.6 is 8.58 Å². The van der Waals surface area contributed by atoms with Gasteiger partial charge in [0.25, 0.3) is 0 Å². The van der Waals surface area contributed by atoms with Crippen LogP contribution in [-0.2, 0) is 23.2 Å². The molecule has 30 valence electrons. The van der Waals surface area contributed by atoms with Gasteiger partial charge in [0.15, 0.2) is 0 Å². The molecule has 0 aromatic heterocycles. The second kappa shape index (κ2) is 4.92. The second-order valence-electron chi connectivity index (χ2n) is 0.612. The molecule has 0 spiro atoms. The summed E-state index contributed by atoms with van der Waals surface area (Å²) in [7, 11) is 1.21. The van der Waals surface area contributed by atoms with E-state index in [-0.39, 0.29) is 0 Å². The fraction of sp³-hybridized carbons (Fsp3) is 0.500. The molecule has 1 aliphatic heterocycles. The Hall–Kier alpha value is 0.918. The van der Waals surface area contributed by atoms with Crippen molar-refractivity contribution in [3.8, 4) is 0 Å². The van der Waals surface area contributed by atoms with Crippen molar-refractivity contribution in [1.82, 2.24) is 0 Å². The Morgan fingerprint density at radius 2 is 2.00 bits per heavy atom. The molecule has 0 amide bonds. The molecule has 5 heavy (non-hydrogen) atoms. The number of rotatable bonds is 0. The van der Waals surface area contributed by atoms with Crippen LogP contribution in [-0.4, -0.2) is 6.16 Å². The predicted molar refractivity (Wildman–Crippen MR) is 18.2 cm³/mol. The molecule has 1 heterocycles. The van der Waals surface area contributed by atoms with Crippen molar-refractivity contribution in [3.05, 3.63) is 6.16 Å². The van der Waals surface area contributed by atoms with Gasteiger partial charge in [-0.1, -0.05) is 0 Å². The van der Waals surface area contributed by atoms with E-state index in [1.807, 2.05) is 0 Å². The summed E-state index contributed by atoms with van der Waals surface area (Å²) in [6.07, 6.45) is 3.68. The summed E-state index contributed by atoms with van der Waals surface area (Å²) in [4.78, 5) is 0. The van der Waals surface area contributed by atoms with Crippen LogP contribution in [0.1, 0.15) is 0 Å². The molecule has 3 heteroatoms. The van der Waals surface area contributed by atoms with Crippen LogP contribution in [0.15, 0.2) is 0 Å². The molecule has 1 aliphatic rings. The van der Waals surface area contributed by atoms with Gasteiger partial charge in [-0.2, -0.15) is 6.16 Å². The summed E-state index contributed by atoms with van der Waals surface area (Å²) in [5.41, 5.74) is 0. The molecule has 0 aliphatic carbocycles. The molecular weight excluding hydrogens is 255 g/mol. The second-order valence-corrected chi connectivity index (χ2v) is 1.84. The molecule has 1 unspecified atom stereocenters. The van der Waals surface area contributed by atoms with Crippen molar-refractivity contribution < 1.29 is 23.2 Å². The van der Waals surface area contributed by atoms with Gasteiger partial charge in [0, 0.05) is 0 Å². The van der Waals surface area contributed by atoms with Crippen LogP contribution < -0.4 is 0 Å². The first kappa shape index (κ1) is 5.92. The van der Waals surface area contributed by atoms with Gasteiger partial charge < -0.3 is 14.7 Å². The van der Waals surface area contributed by atoms with Gasteiger partial charge in [0.2, 0.25) is 0 Å². The first-order valence-electron chi connectivity index (χ1n) is 1.22. The minimum atomic E-state index is 0.333. The standard InChI is InChI=1S/C2H4P.O.W/c1-2-3-1;;/h1,3H,2H2;;/q-1;;. The molecule has 0 N–H and O–H groups in total. The fourth-order valence-electron chi connectivity index (χ4n) is 0. The first-order valence-corrected chi connectivity index (χ1v) is 3.70. The zero-order valence-corrected chi connectivity index (χ0v) is 6.53. The minimum absolute atomic E-state index is 0.333. The van der Waals surface area contributed by atoms with E-state index in [1.54, 1.807) is 0 Å². The number of hydrogen-bond donors (Lipinski definition) is 0. The maximum absolute atomic E-state index is 8.33. The third-order valence-corrected chi connectivity index (χ3v) is 0.612. The third-order valence-electron chi connectivity index (χ3n) is 0.204. The Balaban J connectivity index is 0.0000000733. The number of hydrogen-bond acceptors (Lipinski definition) is 1. The molecule has 0 bridgehead atoms. The molecule has 0 aromatic carbocycles. The van der Waals surface area contributed by atoms with Crippen LogP contribution in [0.3, 0.4) is 0 Å². The normalized spacial score (nSPS) is 20.0. The summed E-state index contributed by atoms with van der Waals surface area (Å²) >= 11 is 0.333. The van der Waals surface area contributed by atoms with Crippen LogP contribution in [0.25, 0.3) is 0 Å².